The highest BCUT2D eigenvalue weighted by atomic mass is 35.5. The number of aryl methyl sites for hydroxylation is 1. The van der Waals surface area contributed by atoms with Crippen LogP contribution in [0.4, 0.5) is 10.1 Å². The number of benzene rings is 2. The Bertz CT molecular complexity index is 1290. The molecule has 3 aliphatic rings. The van der Waals surface area contributed by atoms with Gasteiger partial charge in [0.1, 0.15) is 12.2 Å². The van der Waals surface area contributed by atoms with Gasteiger partial charge in [-0.1, -0.05) is 23.7 Å². The number of carbonyl (C=O) groups is 1. The number of rotatable bonds is 8. The summed E-state index contributed by atoms with van der Waals surface area (Å²) in [5, 5.41) is 12.2. The van der Waals surface area contributed by atoms with E-state index in [-0.39, 0.29) is 19.1 Å². The number of halogens is 2. The van der Waals surface area contributed by atoms with E-state index >= 15 is 4.39 Å². The fourth-order valence-electron chi connectivity index (χ4n) is 5.04. The fourth-order valence-corrected chi connectivity index (χ4v) is 5.34. The third-order valence-corrected chi connectivity index (χ3v) is 7.56. The standard InChI is InChI=1S/C26H27ClFN5O2/c1-32-15-30-31-24(32)23(26(28)13-35-14-26)18-3-2-4-19(9-18)33-12-21-20(25(33)34)7-17(8-22(21)27)11-29-10-16-5-6-16/h2-4,7-9,15-16,23,29H,5-6,10-14H2,1H3/t23-/m1/s1. The van der Waals surface area contributed by atoms with Crippen LogP contribution in [0.25, 0.3) is 0 Å². The quantitative estimate of drug-likeness (QED) is 0.511. The van der Waals surface area contributed by atoms with Crippen LogP contribution in [-0.4, -0.2) is 46.1 Å². The van der Waals surface area contributed by atoms with Crippen LogP contribution in [0.2, 0.25) is 5.02 Å². The number of aromatic nitrogens is 3. The van der Waals surface area contributed by atoms with E-state index in [1.165, 1.54) is 12.8 Å². The zero-order valence-electron chi connectivity index (χ0n) is 19.5. The zero-order valence-corrected chi connectivity index (χ0v) is 20.3. The maximum atomic E-state index is 15.7. The number of anilines is 1. The summed E-state index contributed by atoms with van der Waals surface area (Å²) in [6.07, 6.45) is 4.14. The minimum atomic E-state index is -1.58. The summed E-state index contributed by atoms with van der Waals surface area (Å²) in [6.45, 7) is 2.05. The molecule has 1 atom stereocenters. The Hall–Kier alpha value is -2.81. The topological polar surface area (TPSA) is 72.3 Å². The Morgan fingerprint density at radius 1 is 1.29 bits per heavy atom. The molecule has 1 N–H and O–H groups in total. The molecule has 9 heteroatoms. The van der Waals surface area contributed by atoms with Crippen molar-refractivity contribution in [2.45, 2.75) is 37.5 Å². The van der Waals surface area contributed by atoms with Crippen LogP contribution in [0.3, 0.4) is 0 Å². The average Bonchev–Trinajstić information content (AvgIpc) is 3.46. The number of nitrogens with zero attached hydrogens (tertiary/aromatic N) is 4. The van der Waals surface area contributed by atoms with Crippen LogP contribution in [0.1, 0.15) is 51.6 Å². The maximum absolute atomic E-state index is 15.7. The minimum absolute atomic E-state index is 0.00396. The van der Waals surface area contributed by atoms with Crippen LogP contribution >= 0.6 is 11.6 Å². The lowest BCUT2D eigenvalue weighted by atomic mass is 9.81. The predicted octanol–water partition coefficient (Wildman–Crippen LogP) is 4.00. The van der Waals surface area contributed by atoms with Gasteiger partial charge in [-0.3, -0.25) is 4.79 Å². The van der Waals surface area contributed by atoms with Gasteiger partial charge in [0, 0.05) is 35.4 Å². The summed E-state index contributed by atoms with van der Waals surface area (Å²) in [5.74, 6) is 0.553. The number of ether oxygens (including phenoxy) is 1. The van der Waals surface area contributed by atoms with Gasteiger partial charge < -0.3 is 19.5 Å². The van der Waals surface area contributed by atoms with E-state index in [2.05, 4.69) is 15.5 Å². The van der Waals surface area contributed by atoms with Crippen LogP contribution in [0.5, 0.6) is 0 Å². The molecular formula is C26H27ClFN5O2. The van der Waals surface area contributed by atoms with Crippen molar-refractivity contribution in [2.24, 2.45) is 13.0 Å². The minimum Gasteiger partial charge on any atom is -0.375 e. The first-order valence-electron chi connectivity index (χ1n) is 12.0. The molecular weight excluding hydrogens is 469 g/mol. The summed E-state index contributed by atoms with van der Waals surface area (Å²) >= 11 is 6.61. The Morgan fingerprint density at radius 3 is 2.80 bits per heavy atom. The zero-order chi connectivity index (χ0) is 24.2. The van der Waals surface area contributed by atoms with Gasteiger partial charge >= 0.3 is 0 Å². The second-order valence-electron chi connectivity index (χ2n) is 9.92. The van der Waals surface area contributed by atoms with Gasteiger partial charge in [-0.15, -0.1) is 10.2 Å². The van der Waals surface area contributed by atoms with Crippen molar-refractivity contribution < 1.29 is 13.9 Å². The molecule has 182 valence electrons. The number of amides is 1. The van der Waals surface area contributed by atoms with Crippen molar-refractivity contribution in [3.05, 3.63) is 75.8 Å². The van der Waals surface area contributed by atoms with Crippen molar-refractivity contribution in [3.63, 3.8) is 0 Å². The van der Waals surface area contributed by atoms with Crippen molar-refractivity contribution in [2.75, 3.05) is 24.7 Å². The smallest absolute Gasteiger partial charge is 0.258 e. The molecule has 1 saturated carbocycles. The van der Waals surface area contributed by atoms with Crippen LogP contribution in [0, 0.1) is 5.92 Å². The van der Waals surface area contributed by atoms with Crippen LogP contribution in [-0.2, 0) is 24.9 Å². The van der Waals surface area contributed by atoms with Crippen LogP contribution in [0.15, 0.2) is 42.7 Å². The van der Waals surface area contributed by atoms with Crippen LogP contribution < -0.4 is 10.2 Å². The molecule has 35 heavy (non-hydrogen) atoms. The highest BCUT2D eigenvalue weighted by Crippen LogP contribution is 2.43. The third-order valence-electron chi connectivity index (χ3n) is 7.23. The first kappa shape index (κ1) is 22.6. The van der Waals surface area contributed by atoms with E-state index in [0.717, 1.165) is 29.2 Å². The molecule has 1 amide bonds. The first-order valence-corrected chi connectivity index (χ1v) is 12.3. The molecule has 0 radical (unpaired) electrons. The average molecular weight is 496 g/mol. The van der Waals surface area contributed by atoms with Gasteiger partial charge in [0.05, 0.1) is 25.7 Å². The molecule has 0 bridgehead atoms. The Labute approximate surface area is 208 Å². The number of fused-ring (bicyclic) bond motifs is 1. The van der Waals surface area contributed by atoms with E-state index in [9.17, 15) is 4.79 Å². The Morgan fingerprint density at radius 2 is 2.11 bits per heavy atom. The second kappa shape index (κ2) is 8.69. The molecule has 1 saturated heterocycles. The number of hydrogen-bond donors (Lipinski definition) is 1. The van der Waals surface area contributed by atoms with Crippen molar-refractivity contribution in [1.29, 1.82) is 0 Å². The van der Waals surface area contributed by atoms with E-state index in [0.29, 0.717) is 35.2 Å². The lowest BCUT2D eigenvalue weighted by Crippen LogP contribution is -2.51. The highest BCUT2D eigenvalue weighted by molar-refractivity contribution is 6.32. The molecule has 2 fully saturated rings. The lowest BCUT2D eigenvalue weighted by molar-refractivity contribution is -0.139. The van der Waals surface area contributed by atoms with Crippen molar-refractivity contribution in [3.8, 4) is 0 Å². The van der Waals surface area contributed by atoms with Crippen molar-refractivity contribution in [1.82, 2.24) is 20.1 Å². The maximum Gasteiger partial charge on any atom is 0.258 e. The van der Waals surface area contributed by atoms with E-state index < -0.39 is 11.6 Å². The van der Waals surface area contributed by atoms with E-state index in [1.54, 1.807) is 22.8 Å². The molecule has 2 aliphatic heterocycles. The first-order chi connectivity index (χ1) is 16.9. The molecule has 6 rings (SSSR count). The SMILES string of the molecule is Cn1cnnc1[C@@H](c1cccc(N2Cc3c(Cl)cc(CNCC4CC4)cc3C2=O)c1)C1(F)COC1. The Kier molecular flexibility index (Phi) is 5.62. The van der Waals surface area contributed by atoms with E-state index in [1.807, 2.05) is 36.4 Å². The molecule has 1 aliphatic carbocycles. The van der Waals surface area contributed by atoms with E-state index in [4.69, 9.17) is 16.3 Å². The van der Waals surface area contributed by atoms with Gasteiger partial charge in [0.25, 0.3) is 5.91 Å². The van der Waals surface area contributed by atoms with Gasteiger partial charge in [-0.05, 0) is 60.7 Å². The summed E-state index contributed by atoms with van der Waals surface area (Å²) in [7, 11) is 1.80. The number of hydrogen-bond acceptors (Lipinski definition) is 5. The Balaban J connectivity index is 1.29. The lowest BCUT2D eigenvalue weighted by Gasteiger charge is -2.40. The normalized spacial score (nSPS) is 19.5. The molecule has 3 aromatic rings. The van der Waals surface area contributed by atoms with Gasteiger partial charge in [-0.2, -0.15) is 0 Å². The number of carbonyl (C=O) groups excluding carboxylic acids is 1. The number of alkyl halides is 1. The van der Waals surface area contributed by atoms with Gasteiger partial charge in [0.2, 0.25) is 0 Å². The van der Waals surface area contributed by atoms with Gasteiger partial charge in [-0.25, -0.2) is 4.39 Å². The molecule has 3 heterocycles. The third kappa shape index (κ3) is 4.13. The molecule has 7 nitrogen and oxygen atoms in total. The largest absolute Gasteiger partial charge is 0.375 e. The van der Waals surface area contributed by atoms with Crippen molar-refractivity contribution >= 4 is 23.2 Å². The fraction of sp³-hybridized carbons (Fsp3) is 0.423. The summed E-state index contributed by atoms with van der Waals surface area (Å²) in [6, 6.07) is 11.3. The monoisotopic (exact) mass is 495 g/mol. The summed E-state index contributed by atoms with van der Waals surface area (Å²) in [5.41, 5.74) is 2.30. The second-order valence-corrected chi connectivity index (χ2v) is 10.3. The number of nitrogens with one attached hydrogen (secondary N) is 1. The molecule has 0 unspecified atom stereocenters. The molecule has 0 spiro atoms. The summed E-state index contributed by atoms with van der Waals surface area (Å²) in [4.78, 5) is 15.2. The molecule has 2 aromatic carbocycles. The molecule has 1 aromatic heterocycles. The summed E-state index contributed by atoms with van der Waals surface area (Å²) < 4.78 is 22.7. The predicted molar refractivity (Wildman–Crippen MR) is 130 cm³/mol. The van der Waals surface area contributed by atoms with Gasteiger partial charge in [0.15, 0.2) is 5.67 Å². The highest BCUT2D eigenvalue weighted by Gasteiger charge is 2.50.